The van der Waals surface area contributed by atoms with Crippen molar-refractivity contribution in [2.45, 2.75) is 56.7 Å². The first kappa shape index (κ1) is 25.1. The van der Waals surface area contributed by atoms with Crippen LogP contribution in [0.3, 0.4) is 0 Å². The van der Waals surface area contributed by atoms with E-state index < -0.39 is 34.8 Å². The summed E-state index contributed by atoms with van der Waals surface area (Å²) < 4.78 is 34.1. The van der Waals surface area contributed by atoms with Gasteiger partial charge in [0, 0.05) is 24.3 Å². The van der Waals surface area contributed by atoms with Gasteiger partial charge in [0.25, 0.3) is 5.66 Å². The Morgan fingerprint density at radius 3 is 2.48 bits per heavy atom. The molecule has 4 N–H and O–H groups in total. The second kappa shape index (κ2) is 10.4. The normalized spacial score (nSPS) is 22.4. The number of carboxylic acid groups (broad SMARTS) is 1. The maximum absolute atomic E-state index is 14.5. The molecule has 1 fully saturated rings. The zero-order valence-electron chi connectivity index (χ0n) is 17.5. The van der Waals surface area contributed by atoms with Crippen molar-refractivity contribution < 1.29 is 28.2 Å². The number of para-hydroxylation sites is 1. The van der Waals surface area contributed by atoms with Crippen molar-refractivity contribution in [2.24, 2.45) is 11.1 Å². The minimum atomic E-state index is -3.38. The number of halogens is 2. The molecule has 1 aliphatic carbocycles. The van der Waals surface area contributed by atoms with Crippen molar-refractivity contribution in [3.8, 4) is 5.75 Å². The highest BCUT2D eigenvalue weighted by atomic mass is 31.0. The van der Waals surface area contributed by atoms with Crippen molar-refractivity contribution in [1.82, 2.24) is 0 Å². The number of rotatable bonds is 10. The van der Waals surface area contributed by atoms with E-state index in [1.54, 1.807) is 18.2 Å². The van der Waals surface area contributed by atoms with Gasteiger partial charge < -0.3 is 21.0 Å². The first-order chi connectivity index (χ1) is 14.5. The molecular weight excluding hydrogens is 425 g/mol. The minimum absolute atomic E-state index is 0.00539. The average Bonchev–Trinajstić information content (AvgIpc) is 2.73. The summed E-state index contributed by atoms with van der Waals surface area (Å²) in [5.74, 6) is -1.16. The number of methoxy groups -OCH3 is 1. The van der Waals surface area contributed by atoms with Crippen molar-refractivity contribution in [3.05, 3.63) is 41.0 Å². The van der Waals surface area contributed by atoms with E-state index in [1.807, 2.05) is 0 Å². The van der Waals surface area contributed by atoms with Crippen molar-refractivity contribution in [3.63, 3.8) is 0 Å². The smallest absolute Gasteiger partial charge is 0.309 e. The number of carbonyl (C=O) groups excluding carboxylic acids is 1. The van der Waals surface area contributed by atoms with Crippen LogP contribution in [0, 0.1) is 10.8 Å². The summed E-state index contributed by atoms with van der Waals surface area (Å²) in [6.45, 7) is 0. The Morgan fingerprint density at radius 1 is 1.35 bits per heavy atom. The summed E-state index contributed by atoms with van der Waals surface area (Å²) in [6, 6.07) is 6.37. The van der Waals surface area contributed by atoms with Gasteiger partial charge in [0.15, 0.2) is 5.78 Å². The molecule has 31 heavy (non-hydrogen) atoms. The topological polar surface area (TPSA) is 113 Å². The van der Waals surface area contributed by atoms with Crippen LogP contribution in [-0.4, -0.2) is 41.9 Å². The molecule has 1 aromatic carbocycles. The molecule has 0 spiro atoms. The number of aliphatic carboxylic acids is 1. The van der Waals surface area contributed by atoms with E-state index in [0.29, 0.717) is 31.4 Å². The van der Waals surface area contributed by atoms with Crippen molar-refractivity contribution >= 4 is 27.2 Å². The molecule has 170 valence electrons. The molecule has 0 aromatic heterocycles. The summed E-state index contributed by atoms with van der Waals surface area (Å²) in [5.41, 5.74) is 1.08. The Labute approximate surface area is 182 Å². The van der Waals surface area contributed by atoms with Crippen LogP contribution in [0.2, 0.25) is 0 Å². The number of benzene rings is 1. The highest BCUT2D eigenvalue weighted by Crippen LogP contribution is 2.44. The number of hydrogen-bond acceptors (Lipinski definition) is 5. The molecule has 0 aliphatic heterocycles. The molecule has 0 heterocycles. The van der Waals surface area contributed by atoms with Crippen LogP contribution in [0.15, 0.2) is 35.4 Å². The van der Waals surface area contributed by atoms with E-state index in [-0.39, 0.29) is 30.0 Å². The zero-order chi connectivity index (χ0) is 23.2. The third-order valence-corrected chi connectivity index (χ3v) is 6.37. The monoisotopic (exact) mass is 454 g/mol. The van der Waals surface area contributed by atoms with Crippen LogP contribution in [-0.2, 0) is 4.79 Å². The molecule has 2 rings (SSSR count). The molecule has 0 saturated heterocycles. The number of ketones is 1. The molecule has 1 aliphatic rings. The van der Waals surface area contributed by atoms with Gasteiger partial charge in [0.05, 0.1) is 18.1 Å². The lowest BCUT2D eigenvalue weighted by molar-refractivity contribution is -0.151. The molecular formula is C22H29F2N2O4P. The lowest BCUT2D eigenvalue weighted by Crippen LogP contribution is -2.39. The predicted molar refractivity (Wildman–Crippen MR) is 118 cm³/mol. The van der Waals surface area contributed by atoms with Gasteiger partial charge in [-0.15, -0.1) is 0 Å². The Kier molecular flexibility index (Phi) is 8.43. The van der Waals surface area contributed by atoms with E-state index in [0.717, 1.165) is 6.21 Å². The fraction of sp³-hybridized carbons (Fsp3) is 0.500. The standard InChI is InChI=1S/C22H29F2N2O4P/c1-30-19-5-3-2-4-16(19)18(27)12-14(13-25)17(22(23,24)31)8-11-21(20(28)29)9-6-15(26)7-10-21/h2-5,13,15,25H,6-12,26,31H2,1H3,(H,28,29)/b17-14+,25-13?. The van der Waals surface area contributed by atoms with Crippen LogP contribution < -0.4 is 10.5 Å². The summed E-state index contributed by atoms with van der Waals surface area (Å²) in [4.78, 5) is 24.7. The number of carboxylic acids is 1. The van der Waals surface area contributed by atoms with Gasteiger partial charge in [-0.3, -0.25) is 9.59 Å². The number of nitrogens with one attached hydrogen (secondary N) is 1. The quantitative estimate of drug-likeness (QED) is 0.275. The third-order valence-electron chi connectivity index (χ3n) is 6.02. The van der Waals surface area contributed by atoms with Gasteiger partial charge >= 0.3 is 5.97 Å². The number of allylic oxidation sites excluding steroid dienone is 2. The maximum atomic E-state index is 14.5. The first-order valence-electron chi connectivity index (χ1n) is 10.1. The molecule has 0 radical (unpaired) electrons. The summed E-state index contributed by atoms with van der Waals surface area (Å²) >= 11 is 0. The fourth-order valence-corrected chi connectivity index (χ4v) is 4.39. The van der Waals surface area contributed by atoms with Crippen LogP contribution in [0.25, 0.3) is 0 Å². The molecule has 0 amide bonds. The van der Waals surface area contributed by atoms with Gasteiger partial charge in [0.2, 0.25) is 0 Å². The SMILES string of the molecule is COc1ccccc1C(=O)C/C(C=N)=C(/CCC1(C(=O)O)CCC(N)CC1)C(F)(F)P. The molecule has 6 nitrogen and oxygen atoms in total. The number of hydrogen-bond donors (Lipinski definition) is 3. The Balaban J connectivity index is 2.32. The van der Waals surface area contributed by atoms with Gasteiger partial charge in [-0.25, -0.2) is 0 Å². The number of carbonyl (C=O) groups is 2. The van der Waals surface area contributed by atoms with Crippen LogP contribution in [0.1, 0.15) is 55.3 Å². The first-order valence-corrected chi connectivity index (χ1v) is 10.7. The van der Waals surface area contributed by atoms with Gasteiger partial charge in [0.1, 0.15) is 5.75 Å². The van der Waals surface area contributed by atoms with Gasteiger partial charge in [-0.2, -0.15) is 8.78 Å². The number of nitrogens with two attached hydrogens (primary N) is 1. The summed E-state index contributed by atoms with van der Waals surface area (Å²) in [5, 5.41) is 17.4. The molecule has 1 unspecified atom stereocenters. The van der Waals surface area contributed by atoms with Gasteiger partial charge in [-0.05, 0) is 56.2 Å². The molecule has 1 saturated carbocycles. The van der Waals surface area contributed by atoms with E-state index in [1.165, 1.54) is 22.4 Å². The Hall–Kier alpha value is -2.18. The number of ether oxygens (including phenoxy) is 1. The lowest BCUT2D eigenvalue weighted by Gasteiger charge is -2.36. The van der Waals surface area contributed by atoms with Crippen molar-refractivity contribution in [2.75, 3.05) is 7.11 Å². The van der Waals surface area contributed by atoms with Crippen LogP contribution >= 0.6 is 9.24 Å². The number of Topliss-reactive ketones (excluding diaryl/α,β-unsaturated/α-hetero) is 1. The van der Waals surface area contributed by atoms with E-state index in [4.69, 9.17) is 15.9 Å². The van der Waals surface area contributed by atoms with Gasteiger partial charge in [-0.1, -0.05) is 21.4 Å². The Bertz CT molecular complexity index is 859. The molecule has 9 heteroatoms. The second-order valence-electron chi connectivity index (χ2n) is 7.99. The number of alkyl halides is 2. The molecule has 1 atom stereocenters. The molecule has 1 aromatic rings. The summed E-state index contributed by atoms with van der Waals surface area (Å²) in [6.07, 6.45) is 1.78. The van der Waals surface area contributed by atoms with Crippen molar-refractivity contribution in [1.29, 1.82) is 5.41 Å². The fourth-order valence-electron chi connectivity index (χ4n) is 4.06. The Morgan fingerprint density at radius 2 is 1.97 bits per heavy atom. The average molecular weight is 454 g/mol. The van der Waals surface area contributed by atoms with E-state index >= 15 is 0 Å². The van der Waals surface area contributed by atoms with E-state index in [9.17, 15) is 23.5 Å². The predicted octanol–water partition coefficient (Wildman–Crippen LogP) is 4.43. The highest BCUT2D eigenvalue weighted by molar-refractivity contribution is 7.18. The largest absolute Gasteiger partial charge is 0.496 e. The summed E-state index contributed by atoms with van der Waals surface area (Å²) in [7, 11) is 2.85. The van der Waals surface area contributed by atoms with E-state index in [2.05, 4.69) is 0 Å². The van der Waals surface area contributed by atoms with Crippen LogP contribution in [0.5, 0.6) is 5.75 Å². The maximum Gasteiger partial charge on any atom is 0.309 e. The lowest BCUT2D eigenvalue weighted by atomic mass is 9.69. The minimum Gasteiger partial charge on any atom is -0.496 e. The molecule has 0 bridgehead atoms. The van der Waals surface area contributed by atoms with Crippen LogP contribution in [0.4, 0.5) is 8.78 Å². The highest BCUT2D eigenvalue weighted by Gasteiger charge is 2.42. The zero-order valence-corrected chi connectivity index (χ0v) is 18.7. The second-order valence-corrected chi connectivity index (χ2v) is 8.72. The third kappa shape index (κ3) is 6.17.